The maximum Gasteiger partial charge on any atom is 0.125 e. The molecule has 0 saturated carbocycles. The Balaban J connectivity index is 2.12. The van der Waals surface area contributed by atoms with E-state index in [4.69, 9.17) is 16.3 Å². The summed E-state index contributed by atoms with van der Waals surface area (Å²) < 4.78 is 5.31. The Labute approximate surface area is 113 Å². The molecule has 2 nitrogen and oxygen atoms in total. The van der Waals surface area contributed by atoms with Crippen LogP contribution in [0.5, 0.6) is 5.75 Å². The van der Waals surface area contributed by atoms with Gasteiger partial charge >= 0.3 is 0 Å². The maximum atomic E-state index is 6.18. The van der Waals surface area contributed by atoms with Gasteiger partial charge in [0.25, 0.3) is 0 Å². The lowest BCUT2D eigenvalue weighted by Crippen LogP contribution is -2.02. The topological polar surface area (TPSA) is 21.3 Å². The predicted molar refractivity (Wildman–Crippen MR) is 76.5 cm³/mol. The van der Waals surface area contributed by atoms with Gasteiger partial charge in [0, 0.05) is 22.8 Å². The van der Waals surface area contributed by atoms with Gasteiger partial charge in [0.1, 0.15) is 5.75 Å². The average molecular weight is 262 g/mol. The van der Waals surface area contributed by atoms with Gasteiger partial charge in [-0.25, -0.2) is 0 Å². The van der Waals surface area contributed by atoms with Crippen LogP contribution in [-0.2, 0) is 6.54 Å². The summed E-state index contributed by atoms with van der Waals surface area (Å²) in [5.41, 5.74) is 3.29. The summed E-state index contributed by atoms with van der Waals surface area (Å²) in [5.74, 6) is 0.808. The van der Waals surface area contributed by atoms with Crippen molar-refractivity contribution in [2.75, 3.05) is 12.4 Å². The highest BCUT2D eigenvalue weighted by atomic mass is 35.5. The van der Waals surface area contributed by atoms with Crippen molar-refractivity contribution in [3.8, 4) is 5.75 Å². The molecule has 2 aromatic carbocycles. The molecule has 0 amide bonds. The number of nitrogens with one attached hydrogen (secondary N) is 1. The SMILES string of the molecule is COc1cccc(Cl)c1CNc1ccc(C)cc1. The molecule has 0 aliphatic carbocycles. The Hall–Kier alpha value is -1.67. The zero-order valence-electron chi connectivity index (χ0n) is 10.5. The van der Waals surface area contributed by atoms with E-state index in [1.165, 1.54) is 5.56 Å². The minimum Gasteiger partial charge on any atom is -0.496 e. The smallest absolute Gasteiger partial charge is 0.125 e. The van der Waals surface area contributed by atoms with Crippen LogP contribution >= 0.6 is 11.6 Å². The largest absolute Gasteiger partial charge is 0.496 e. The molecule has 0 unspecified atom stereocenters. The van der Waals surface area contributed by atoms with Crippen molar-refractivity contribution in [3.05, 3.63) is 58.6 Å². The van der Waals surface area contributed by atoms with Crippen LogP contribution in [0.1, 0.15) is 11.1 Å². The minimum absolute atomic E-state index is 0.645. The van der Waals surface area contributed by atoms with Gasteiger partial charge in [0.15, 0.2) is 0 Å². The van der Waals surface area contributed by atoms with Crippen LogP contribution in [-0.4, -0.2) is 7.11 Å². The average Bonchev–Trinajstić information content (AvgIpc) is 2.39. The monoisotopic (exact) mass is 261 g/mol. The number of hydrogen-bond acceptors (Lipinski definition) is 2. The molecule has 0 aromatic heterocycles. The number of methoxy groups -OCH3 is 1. The van der Waals surface area contributed by atoms with Crippen LogP contribution in [0.3, 0.4) is 0 Å². The molecule has 0 spiro atoms. The molecular formula is C15H16ClNO. The van der Waals surface area contributed by atoms with Crippen molar-refractivity contribution < 1.29 is 4.74 Å². The molecule has 2 rings (SSSR count). The molecule has 0 radical (unpaired) electrons. The van der Waals surface area contributed by atoms with E-state index in [1.807, 2.05) is 18.2 Å². The van der Waals surface area contributed by atoms with Crippen LogP contribution in [0.25, 0.3) is 0 Å². The van der Waals surface area contributed by atoms with Gasteiger partial charge in [0.05, 0.1) is 7.11 Å². The van der Waals surface area contributed by atoms with Gasteiger partial charge in [-0.1, -0.05) is 35.4 Å². The molecule has 0 aliphatic heterocycles. The zero-order chi connectivity index (χ0) is 13.0. The molecule has 2 aromatic rings. The van der Waals surface area contributed by atoms with E-state index < -0.39 is 0 Å². The van der Waals surface area contributed by atoms with Crippen molar-refractivity contribution in [2.45, 2.75) is 13.5 Å². The normalized spacial score (nSPS) is 10.2. The molecule has 0 atom stereocenters. The summed E-state index contributed by atoms with van der Waals surface area (Å²) in [4.78, 5) is 0. The summed E-state index contributed by atoms with van der Waals surface area (Å²) in [7, 11) is 1.65. The van der Waals surface area contributed by atoms with Crippen LogP contribution in [0.15, 0.2) is 42.5 Å². The Morgan fingerprint density at radius 1 is 1.11 bits per heavy atom. The first-order valence-electron chi connectivity index (χ1n) is 5.82. The fourth-order valence-corrected chi connectivity index (χ4v) is 2.00. The van der Waals surface area contributed by atoms with Gasteiger partial charge in [-0.15, -0.1) is 0 Å². The lowest BCUT2D eigenvalue weighted by atomic mass is 10.2. The number of rotatable bonds is 4. The van der Waals surface area contributed by atoms with E-state index >= 15 is 0 Å². The Kier molecular flexibility index (Phi) is 4.11. The second kappa shape index (κ2) is 5.78. The van der Waals surface area contributed by atoms with Crippen LogP contribution in [0.2, 0.25) is 5.02 Å². The van der Waals surface area contributed by atoms with E-state index in [9.17, 15) is 0 Å². The third-order valence-corrected chi connectivity index (χ3v) is 3.17. The second-order valence-corrected chi connectivity index (χ2v) is 4.55. The van der Waals surface area contributed by atoms with E-state index in [0.717, 1.165) is 17.0 Å². The van der Waals surface area contributed by atoms with Gasteiger partial charge in [-0.3, -0.25) is 0 Å². The van der Waals surface area contributed by atoms with E-state index in [0.29, 0.717) is 11.6 Å². The third kappa shape index (κ3) is 2.96. The highest BCUT2D eigenvalue weighted by Crippen LogP contribution is 2.27. The first kappa shape index (κ1) is 12.8. The molecule has 1 N–H and O–H groups in total. The van der Waals surface area contributed by atoms with Crippen LogP contribution < -0.4 is 10.1 Å². The van der Waals surface area contributed by atoms with E-state index in [1.54, 1.807) is 7.11 Å². The summed E-state index contributed by atoms with van der Waals surface area (Å²) in [5, 5.41) is 4.06. The van der Waals surface area contributed by atoms with Crippen molar-refractivity contribution in [1.82, 2.24) is 0 Å². The number of hydrogen-bond donors (Lipinski definition) is 1. The van der Waals surface area contributed by atoms with Crippen molar-refractivity contribution >= 4 is 17.3 Å². The number of halogens is 1. The van der Waals surface area contributed by atoms with Gasteiger partial charge < -0.3 is 10.1 Å². The highest BCUT2D eigenvalue weighted by molar-refractivity contribution is 6.31. The maximum absolute atomic E-state index is 6.18. The number of aryl methyl sites for hydroxylation is 1. The predicted octanol–water partition coefficient (Wildman–Crippen LogP) is 4.27. The van der Waals surface area contributed by atoms with Crippen molar-refractivity contribution in [1.29, 1.82) is 0 Å². The lowest BCUT2D eigenvalue weighted by Gasteiger charge is -2.12. The van der Waals surface area contributed by atoms with Crippen molar-refractivity contribution in [2.24, 2.45) is 0 Å². The summed E-state index contributed by atoms with van der Waals surface area (Å²) in [6, 6.07) is 13.9. The zero-order valence-corrected chi connectivity index (χ0v) is 11.3. The van der Waals surface area contributed by atoms with Gasteiger partial charge in [-0.05, 0) is 31.2 Å². The van der Waals surface area contributed by atoms with Crippen LogP contribution in [0, 0.1) is 6.92 Å². The van der Waals surface area contributed by atoms with Crippen LogP contribution in [0.4, 0.5) is 5.69 Å². The first-order valence-corrected chi connectivity index (χ1v) is 6.20. The van der Waals surface area contributed by atoms with Crippen molar-refractivity contribution in [3.63, 3.8) is 0 Å². The van der Waals surface area contributed by atoms with E-state index in [-0.39, 0.29) is 0 Å². The molecule has 0 fully saturated rings. The summed E-state index contributed by atoms with van der Waals surface area (Å²) in [6.45, 7) is 2.72. The fraction of sp³-hybridized carbons (Fsp3) is 0.200. The summed E-state index contributed by atoms with van der Waals surface area (Å²) >= 11 is 6.18. The Morgan fingerprint density at radius 3 is 2.50 bits per heavy atom. The van der Waals surface area contributed by atoms with Gasteiger partial charge in [0.2, 0.25) is 0 Å². The number of anilines is 1. The standard InChI is InChI=1S/C15H16ClNO/c1-11-6-8-12(9-7-11)17-10-13-14(16)4-3-5-15(13)18-2/h3-9,17H,10H2,1-2H3. The molecule has 94 valence electrons. The first-order chi connectivity index (χ1) is 8.70. The highest BCUT2D eigenvalue weighted by Gasteiger charge is 2.06. The third-order valence-electron chi connectivity index (χ3n) is 2.82. The quantitative estimate of drug-likeness (QED) is 0.888. The molecule has 0 heterocycles. The lowest BCUT2D eigenvalue weighted by molar-refractivity contribution is 0.410. The summed E-state index contributed by atoms with van der Waals surface area (Å²) in [6.07, 6.45) is 0. The number of ether oxygens (including phenoxy) is 1. The Morgan fingerprint density at radius 2 is 1.83 bits per heavy atom. The molecule has 0 aliphatic rings. The molecule has 3 heteroatoms. The minimum atomic E-state index is 0.645. The molecule has 0 saturated heterocycles. The van der Waals surface area contributed by atoms with Gasteiger partial charge in [-0.2, -0.15) is 0 Å². The fourth-order valence-electron chi connectivity index (χ4n) is 1.76. The number of benzene rings is 2. The molecular weight excluding hydrogens is 246 g/mol. The second-order valence-electron chi connectivity index (χ2n) is 4.14. The Bertz CT molecular complexity index is 523. The molecule has 18 heavy (non-hydrogen) atoms. The molecule has 0 bridgehead atoms. The van der Waals surface area contributed by atoms with E-state index in [2.05, 4.69) is 36.5 Å².